The number of hydrogen-bond acceptors (Lipinski definition) is 4. The number of halogens is 1. The van der Waals surface area contributed by atoms with Crippen molar-refractivity contribution in [1.29, 1.82) is 0 Å². The van der Waals surface area contributed by atoms with Crippen LogP contribution in [-0.2, 0) is 20.9 Å². The summed E-state index contributed by atoms with van der Waals surface area (Å²) in [5.41, 5.74) is 3.00. The van der Waals surface area contributed by atoms with Crippen LogP contribution in [0.3, 0.4) is 0 Å². The van der Waals surface area contributed by atoms with Gasteiger partial charge in [0.1, 0.15) is 5.82 Å². The summed E-state index contributed by atoms with van der Waals surface area (Å²) in [6, 6.07) is 12.9. The first-order valence-corrected chi connectivity index (χ1v) is 11.7. The van der Waals surface area contributed by atoms with E-state index in [1.807, 2.05) is 12.1 Å². The Morgan fingerprint density at radius 1 is 1.09 bits per heavy atom. The maximum Gasteiger partial charge on any atom is 0.336 e. The van der Waals surface area contributed by atoms with Gasteiger partial charge in [0.15, 0.2) is 0 Å². The fourth-order valence-electron chi connectivity index (χ4n) is 4.08. The molecule has 3 rings (SSSR count). The maximum absolute atomic E-state index is 13.4. The van der Waals surface area contributed by atoms with E-state index in [-0.39, 0.29) is 37.2 Å². The second-order valence-corrected chi connectivity index (χ2v) is 8.31. The SMILES string of the molecule is CCCCNC(=O)c1ccc(CN2C(=O)CC(c3ccc(F)cc3)C(C(=O)OCC)=C2C)cc1. The van der Waals surface area contributed by atoms with E-state index < -0.39 is 11.9 Å². The lowest BCUT2D eigenvalue weighted by molar-refractivity contribution is -0.140. The molecule has 2 aromatic rings. The molecule has 0 fully saturated rings. The topological polar surface area (TPSA) is 75.7 Å². The Morgan fingerprint density at radius 3 is 2.38 bits per heavy atom. The van der Waals surface area contributed by atoms with Crippen molar-refractivity contribution in [3.8, 4) is 0 Å². The highest BCUT2D eigenvalue weighted by Crippen LogP contribution is 2.37. The third-order valence-corrected chi connectivity index (χ3v) is 5.96. The quantitative estimate of drug-likeness (QED) is 0.429. The number of nitrogens with one attached hydrogen (secondary N) is 1. The zero-order valence-corrected chi connectivity index (χ0v) is 19.9. The molecule has 0 aromatic heterocycles. The van der Waals surface area contributed by atoms with Crippen molar-refractivity contribution in [2.45, 2.75) is 52.5 Å². The summed E-state index contributed by atoms with van der Waals surface area (Å²) in [6.45, 7) is 6.63. The molecule has 0 radical (unpaired) electrons. The summed E-state index contributed by atoms with van der Waals surface area (Å²) in [5, 5.41) is 2.88. The van der Waals surface area contributed by atoms with Crippen molar-refractivity contribution in [3.63, 3.8) is 0 Å². The van der Waals surface area contributed by atoms with Crippen molar-refractivity contribution in [2.75, 3.05) is 13.2 Å². The van der Waals surface area contributed by atoms with Gasteiger partial charge in [-0.1, -0.05) is 37.6 Å². The first-order chi connectivity index (χ1) is 16.3. The van der Waals surface area contributed by atoms with E-state index in [9.17, 15) is 18.8 Å². The Hall–Kier alpha value is -3.48. The van der Waals surface area contributed by atoms with Crippen LogP contribution in [0.5, 0.6) is 0 Å². The molecule has 6 nitrogen and oxygen atoms in total. The number of benzene rings is 2. The highest BCUT2D eigenvalue weighted by Gasteiger charge is 2.36. The largest absolute Gasteiger partial charge is 0.463 e. The highest BCUT2D eigenvalue weighted by atomic mass is 19.1. The summed E-state index contributed by atoms with van der Waals surface area (Å²) in [4.78, 5) is 39.8. The summed E-state index contributed by atoms with van der Waals surface area (Å²) in [7, 11) is 0. The molecule has 1 aliphatic heterocycles. The Kier molecular flexibility index (Phi) is 8.57. The minimum atomic E-state index is -0.502. The average molecular weight is 467 g/mol. The first-order valence-electron chi connectivity index (χ1n) is 11.7. The lowest BCUT2D eigenvalue weighted by Crippen LogP contribution is -2.38. The molecule has 0 bridgehead atoms. The Morgan fingerprint density at radius 2 is 1.76 bits per heavy atom. The Labute approximate surface area is 199 Å². The standard InChI is InChI=1S/C27H31FN2O4/c1-4-6-15-29-26(32)21-9-7-19(8-10-21)17-30-18(3)25(27(33)34-5-2)23(16-24(30)31)20-11-13-22(28)14-12-20/h7-14,23H,4-6,15-17H2,1-3H3,(H,29,32). The van der Waals surface area contributed by atoms with Crippen LogP contribution in [0, 0.1) is 5.82 Å². The van der Waals surface area contributed by atoms with Crippen molar-refractivity contribution in [3.05, 3.63) is 82.3 Å². The number of carbonyl (C=O) groups is 3. The molecule has 0 saturated heterocycles. The number of hydrogen-bond donors (Lipinski definition) is 1. The Balaban J connectivity index is 1.85. The predicted molar refractivity (Wildman–Crippen MR) is 127 cm³/mol. The minimum absolute atomic E-state index is 0.0784. The second kappa shape index (κ2) is 11.6. The normalized spacial score (nSPS) is 15.9. The van der Waals surface area contributed by atoms with Crippen LogP contribution in [-0.4, -0.2) is 35.8 Å². The molecular weight excluding hydrogens is 435 g/mol. The van der Waals surface area contributed by atoms with Crippen LogP contribution in [0.1, 0.15) is 67.4 Å². The molecule has 1 aliphatic rings. The van der Waals surface area contributed by atoms with Crippen LogP contribution in [0.4, 0.5) is 4.39 Å². The summed E-state index contributed by atoms with van der Waals surface area (Å²) in [5.74, 6) is -1.63. The molecule has 1 heterocycles. The van der Waals surface area contributed by atoms with Gasteiger partial charge in [0.25, 0.3) is 5.91 Å². The predicted octanol–water partition coefficient (Wildman–Crippen LogP) is 4.71. The van der Waals surface area contributed by atoms with Gasteiger partial charge in [-0.05, 0) is 55.7 Å². The van der Waals surface area contributed by atoms with E-state index in [1.54, 1.807) is 43.0 Å². The van der Waals surface area contributed by atoms with Gasteiger partial charge in [0.2, 0.25) is 5.91 Å². The van der Waals surface area contributed by atoms with Gasteiger partial charge in [0.05, 0.1) is 18.7 Å². The van der Waals surface area contributed by atoms with E-state index in [4.69, 9.17) is 4.74 Å². The summed E-state index contributed by atoms with van der Waals surface area (Å²) in [6.07, 6.45) is 2.01. The van der Waals surface area contributed by atoms with Crippen LogP contribution in [0.25, 0.3) is 0 Å². The smallest absolute Gasteiger partial charge is 0.336 e. The zero-order valence-electron chi connectivity index (χ0n) is 19.9. The van der Waals surface area contributed by atoms with E-state index in [1.165, 1.54) is 12.1 Å². The summed E-state index contributed by atoms with van der Waals surface area (Å²) < 4.78 is 18.7. The molecule has 2 aromatic carbocycles. The number of rotatable bonds is 9. The van der Waals surface area contributed by atoms with E-state index in [0.29, 0.717) is 28.9 Å². The molecule has 0 spiro atoms. The van der Waals surface area contributed by atoms with Crippen LogP contribution >= 0.6 is 0 Å². The fourth-order valence-corrected chi connectivity index (χ4v) is 4.08. The lowest BCUT2D eigenvalue weighted by atomic mass is 9.83. The molecule has 0 saturated carbocycles. The van der Waals surface area contributed by atoms with Crippen LogP contribution in [0.15, 0.2) is 59.8 Å². The van der Waals surface area contributed by atoms with Gasteiger partial charge >= 0.3 is 5.97 Å². The number of ether oxygens (including phenoxy) is 1. The van der Waals surface area contributed by atoms with Gasteiger partial charge in [-0.15, -0.1) is 0 Å². The number of carbonyl (C=O) groups excluding carboxylic acids is 3. The van der Waals surface area contributed by atoms with Gasteiger partial charge < -0.3 is 15.0 Å². The number of nitrogens with zero attached hydrogens (tertiary/aromatic N) is 1. The molecule has 180 valence electrons. The van der Waals surface area contributed by atoms with Gasteiger partial charge in [0, 0.05) is 30.1 Å². The van der Waals surface area contributed by atoms with Crippen molar-refractivity contribution < 1.29 is 23.5 Å². The molecular formula is C27H31FN2O4. The van der Waals surface area contributed by atoms with Crippen molar-refractivity contribution >= 4 is 17.8 Å². The number of amides is 2. The Bertz CT molecular complexity index is 1060. The van der Waals surface area contributed by atoms with E-state index in [0.717, 1.165) is 18.4 Å². The van der Waals surface area contributed by atoms with Gasteiger partial charge in [-0.3, -0.25) is 9.59 Å². The van der Waals surface area contributed by atoms with Gasteiger partial charge in [-0.25, -0.2) is 9.18 Å². The molecule has 2 amide bonds. The monoisotopic (exact) mass is 466 g/mol. The number of allylic oxidation sites excluding steroid dienone is 1. The molecule has 1 unspecified atom stereocenters. The fraction of sp³-hybridized carbons (Fsp3) is 0.370. The first kappa shape index (κ1) is 25.1. The van der Waals surface area contributed by atoms with E-state index in [2.05, 4.69) is 12.2 Å². The minimum Gasteiger partial charge on any atom is -0.463 e. The summed E-state index contributed by atoms with van der Waals surface area (Å²) >= 11 is 0. The molecule has 0 aliphatic carbocycles. The third-order valence-electron chi connectivity index (χ3n) is 5.96. The average Bonchev–Trinajstić information content (AvgIpc) is 2.82. The zero-order chi connectivity index (χ0) is 24.7. The highest BCUT2D eigenvalue weighted by molar-refractivity contribution is 5.96. The number of unbranched alkanes of at least 4 members (excludes halogenated alkanes) is 1. The molecule has 7 heteroatoms. The maximum atomic E-state index is 13.4. The van der Waals surface area contributed by atoms with E-state index >= 15 is 0 Å². The molecule has 34 heavy (non-hydrogen) atoms. The lowest BCUT2D eigenvalue weighted by Gasteiger charge is -2.34. The second-order valence-electron chi connectivity index (χ2n) is 8.31. The third kappa shape index (κ3) is 5.90. The molecule has 1 N–H and O–H groups in total. The van der Waals surface area contributed by atoms with Crippen molar-refractivity contribution in [2.24, 2.45) is 0 Å². The van der Waals surface area contributed by atoms with Crippen LogP contribution < -0.4 is 5.32 Å². The molecule has 1 atom stereocenters. The van der Waals surface area contributed by atoms with Crippen LogP contribution in [0.2, 0.25) is 0 Å². The van der Waals surface area contributed by atoms with Crippen molar-refractivity contribution in [1.82, 2.24) is 10.2 Å². The number of esters is 1. The van der Waals surface area contributed by atoms with Gasteiger partial charge in [-0.2, -0.15) is 0 Å².